The Morgan fingerprint density at radius 3 is 2.42 bits per heavy atom. The number of carbonyl (C=O) groups excluding carboxylic acids is 1. The van der Waals surface area contributed by atoms with E-state index in [4.69, 9.17) is 9.47 Å². The summed E-state index contributed by atoms with van der Waals surface area (Å²) >= 11 is 3.47. The van der Waals surface area contributed by atoms with Crippen molar-refractivity contribution in [2.75, 3.05) is 26.1 Å². The lowest BCUT2D eigenvalue weighted by Gasteiger charge is -2.15. The lowest BCUT2D eigenvalue weighted by Crippen LogP contribution is -2.30. The van der Waals surface area contributed by atoms with Gasteiger partial charge in [0.1, 0.15) is 11.5 Å². The van der Waals surface area contributed by atoms with Gasteiger partial charge in [-0.2, -0.15) is 0 Å². The number of hydrogen-bond acceptors (Lipinski definition) is 4. The van der Waals surface area contributed by atoms with Crippen LogP contribution in [0.4, 0.5) is 5.69 Å². The van der Waals surface area contributed by atoms with Gasteiger partial charge in [-0.25, -0.2) is 0 Å². The van der Waals surface area contributed by atoms with Gasteiger partial charge < -0.3 is 20.1 Å². The standard InChI is InChI=1S/C18H21BrN2O3/c1-12(13-4-9-17(24-3)16(19)10-13)20-11-18(22)21-14-5-7-15(23-2)8-6-14/h4-10,12,20H,11H2,1-3H3,(H,21,22)/t12-/m0/s1. The highest BCUT2D eigenvalue weighted by molar-refractivity contribution is 9.10. The molecule has 0 spiro atoms. The highest BCUT2D eigenvalue weighted by Gasteiger charge is 2.10. The average Bonchev–Trinajstić information content (AvgIpc) is 2.60. The zero-order chi connectivity index (χ0) is 17.5. The summed E-state index contributed by atoms with van der Waals surface area (Å²) in [7, 11) is 3.24. The molecule has 0 saturated heterocycles. The van der Waals surface area contributed by atoms with E-state index in [-0.39, 0.29) is 18.5 Å². The number of carbonyl (C=O) groups is 1. The first-order chi connectivity index (χ1) is 11.5. The first-order valence-electron chi connectivity index (χ1n) is 7.54. The number of halogens is 1. The molecule has 0 aromatic heterocycles. The molecule has 24 heavy (non-hydrogen) atoms. The van der Waals surface area contributed by atoms with E-state index in [1.807, 2.05) is 25.1 Å². The fourth-order valence-corrected chi connectivity index (χ4v) is 2.75. The molecule has 0 fully saturated rings. The van der Waals surface area contributed by atoms with Crippen molar-refractivity contribution in [1.82, 2.24) is 5.32 Å². The van der Waals surface area contributed by atoms with Crippen LogP contribution in [0, 0.1) is 0 Å². The molecule has 2 N–H and O–H groups in total. The second kappa shape index (κ2) is 8.70. The molecular weight excluding hydrogens is 372 g/mol. The van der Waals surface area contributed by atoms with E-state index in [1.54, 1.807) is 38.5 Å². The molecule has 0 unspecified atom stereocenters. The van der Waals surface area contributed by atoms with Gasteiger partial charge in [-0.3, -0.25) is 4.79 Å². The molecule has 1 atom stereocenters. The lowest BCUT2D eigenvalue weighted by molar-refractivity contribution is -0.115. The molecular formula is C18H21BrN2O3. The predicted octanol–water partition coefficient (Wildman–Crippen LogP) is 3.76. The van der Waals surface area contributed by atoms with Gasteiger partial charge >= 0.3 is 0 Å². The van der Waals surface area contributed by atoms with Gasteiger partial charge in [0.05, 0.1) is 25.2 Å². The van der Waals surface area contributed by atoms with Gasteiger partial charge in [-0.1, -0.05) is 6.07 Å². The SMILES string of the molecule is COc1ccc(NC(=O)CN[C@@H](C)c2ccc(OC)c(Br)c2)cc1. The quantitative estimate of drug-likeness (QED) is 0.752. The molecule has 0 aliphatic rings. The van der Waals surface area contributed by atoms with E-state index >= 15 is 0 Å². The number of methoxy groups -OCH3 is 2. The van der Waals surface area contributed by atoms with Crippen molar-refractivity contribution in [3.63, 3.8) is 0 Å². The highest BCUT2D eigenvalue weighted by atomic mass is 79.9. The molecule has 0 radical (unpaired) electrons. The molecule has 1 amide bonds. The lowest BCUT2D eigenvalue weighted by atomic mass is 10.1. The number of rotatable bonds is 7. The molecule has 2 aromatic carbocycles. The monoisotopic (exact) mass is 392 g/mol. The van der Waals surface area contributed by atoms with Crippen LogP contribution in [0.1, 0.15) is 18.5 Å². The van der Waals surface area contributed by atoms with E-state index in [0.717, 1.165) is 27.2 Å². The Kier molecular flexibility index (Phi) is 6.63. The van der Waals surface area contributed by atoms with Crippen molar-refractivity contribution in [3.05, 3.63) is 52.5 Å². The van der Waals surface area contributed by atoms with Crippen LogP contribution >= 0.6 is 15.9 Å². The zero-order valence-corrected chi connectivity index (χ0v) is 15.5. The molecule has 0 bridgehead atoms. The summed E-state index contributed by atoms with van der Waals surface area (Å²) in [4.78, 5) is 12.0. The number of amides is 1. The Balaban J connectivity index is 1.87. The third kappa shape index (κ3) is 4.97. The van der Waals surface area contributed by atoms with Crippen LogP contribution in [0.25, 0.3) is 0 Å². The Morgan fingerprint density at radius 1 is 1.12 bits per heavy atom. The molecule has 2 aromatic rings. The summed E-state index contributed by atoms with van der Waals surface area (Å²) in [5.74, 6) is 1.44. The maximum atomic E-state index is 12.0. The van der Waals surface area contributed by atoms with E-state index in [9.17, 15) is 4.79 Å². The summed E-state index contributed by atoms with van der Waals surface area (Å²) in [5.41, 5.74) is 1.81. The van der Waals surface area contributed by atoms with Crippen molar-refractivity contribution in [3.8, 4) is 11.5 Å². The minimum Gasteiger partial charge on any atom is -0.497 e. The maximum absolute atomic E-state index is 12.0. The minimum atomic E-state index is -0.0976. The Bertz CT molecular complexity index is 689. The third-order valence-corrected chi connectivity index (χ3v) is 4.24. The summed E-state index contributed by atoms with van der Waals surface area (Å²) in [6.07, 6.45) is 0. The third-order valence-electron chi connectivity index (χ3n) is 3.62. The largest absolute Gasteiger partial charge is 0.497 e. The smallest absolute Gasteiger partial charge is 0.238 e. The average molecular weight is 393 g/mol. The van der Waals surface area contributed by atoms with Gasteiger partial charge in [0.15, 0.2) is 0 Å². The van der Waals surface area contributed by atoms with E-state index < -0.39 is 0 Å². The Morgan fingerprint density at radius 2 is 1.83 bits per heavy atom. The van der Waals surface area contributed by atoms with Gasteiger partial charge in [0, 0.05) is 11.7 Å². The topological polar surface area (TPSA) is 59.6 Å². The number of benzene rings is 2. The molecule has 0 heterocycles. The van der Waals surface area contributed by atoms with Gasteiger partial charge in [-0.15, -0.1) is 0 Å². The summed E-state index contributed by atoms with van der Waals surface area (Å²) in [5, 5.41) is 6.05. The molecule has 0 aliphatic heterocycles. The van der Waals surface area contributed by atoms with Crippen molar-refractivity contribution in [1.29, 1.82) is 0 Å². The normalized spacial score (nSPS) is 11.7. The fourth-order valence-electron chi connectivity index (χ4n) is 2.20. The zero-order valence-electron chi connectivity index (χ0n) is 13.9. The highest BCUT2D eigenvalue weighted by Crippen LogP contribution is 2.27. The van der Waals surface area contributed by atoms with E-state index in [0.29, 0.717) is 0 Å². The van der Waals surface area contributed by atoms with Crippen molar-refractivity contribution >= 4 is 27.5 Å². The first-order valence-corrected chi connectivity index (χ1v) is 8.33. The molecule has 0 saturated carbocycles. The Labute approximate surface area is 150 Å². The minimum absolute atomic E-state index is 0.0359. The molecule has 6 heteroatoms. The first kappa shape index (κ1) is 18.3. The summed E-state index contributed by atoms with van der Waals surface area (Å²) in [6.45, 7) is 2.23. The second-order valence-electron chi connectivity index (χ2n) is 5.27. The van der Waals surface area contributed by atoms with Crippen molar-refractivity contribution < 1.29 is 14.3 Å². The predicted molar refractivity (Wildman–Crippen MR) is 98.7 cm³/mol. The van der Waals surface area contributed by atoms with Crippen molar-refractivity contribution in [2.45, 2.75) is 13.0 Å². The van der Waals surface area contributed by atoms with Gasteiger partial charge in [0.25, 0.3) is 0 Å². The number of anilines is 1. The van der Waals surface area contributed by atoms with E-state index in [1.165, 1.54) is 0 Å². The molecule has 0 aliphatic carbocycles. The van der Waals surface area contributed by atoms with Crippen LogP contribution in [-0.2, 0) is 4.79 Å². The Hall–Kier alpha value is -2.05. The fraction of sp³-hybridized carbons (Fsp3) is 0.278. The molecule has 2 rings (SSSR count). The van der Waals surface area contributed by atoms with Crippen LogP contribution in [0.3, 0.4) is 0 Å². The maximum Gasteiger partial charge on any atom is 0.238 e. The van der Waals surface area contributed by atoms with Crippen molar-refractivity contribution in [2.24, 2.45) is 0 Å². The summed E-state index contributed by atoms with van der Waals surface area (Å²) < 4.78 is 11.2. The number of ether oxygens (including phenoxy) is 2. The number of hydrogen-bond donors (Lipinski definition) is 2. The van der Waals surface area contributed by atoms with Gasteiger partial charge in [0.2, 0.25) is 5.91 Å². The molecule has 128 valence electrons. The van der Waals surface area contributed by atoms with Crippen LogP contribution in [-0.4, -0.2) is 26.7 Å². The molecule has 5 nitrogen and oxygen atoms in total. The van der Waals surface area contributed by atoms with Crippen LogP contribution in [0.15, 0.2) is 46.9 Å². The van der Waals surface area contributed by atoms with Crippen LogP contribution in [0.2, 0.25) is 0 Å². The second-order valence-corrected chi connectivity index (χ2v) is 6.13. The van der Waals surface area contributed by atoms with E-state index in [2.05, 4.69) is 26.6 Å². The number of nitrogens with one attached hydrogen (secondary N) is 2. The van der Waals surface area contributed by atoms with Crippen LogP contribution < -0.4 is 20.1 Å². The van der Waals surface area contributed by atoms with Crippen LogP contribution in [0.5, 0.6) is 11.5 Å². The van der Waals surface area contributed by atoms with Gasteiger partial charge in [-0.05, 0) is 64.8 Å². The summed E-state index contributed by atoms with van der Waals surface area (Å²) in [6, 6.07) is 13.1.